The number of hydrogen-bond donors (Lipinski definition) is 1. The number of ketones is 1. The molecule has 1 N–H and O–H groups in total. The number of rotatable bonds is 4. The zero-order valence-corrected chi connectivity index (χ0v) is 18.4. The number of carbonyl (C=O) groups is 3. The number of allylic oxidation sites excluding steroid dienone is 3. The molecule has 0 aromatic carbocycles. The topological polar surface area (TPSA) is 81.7 Å². The Bertz CT molecular complexity index is 1050. The van der Waals surface area contributed by atoms with Crippen molar-refractivity contribution in [3.63, 3.8) is 0 Å². The molecule has 0 unspecified atom stereocenters. The molecule has 1 aliphatic carbocycles. The molecule has 3 atom stereocenters. The van der Waals surface area contributed by atoms with E-state index in [2.05, 4.69) is 5.32 Å². The van der Waals surface area contributed by atoms with E-state index in [0.29, 0.717) is 23.3 Å². The van der Waals surface area contributed by atoms with Crippen LogP contribution in [0.1, 0.15) is 34.9 Å². The maximum atomic E-state index is 13.8. The fourth-order valence-corrected chi connectivity index (χ4v) is 6.03. The van der Waals surface area contributed by atoms with E-state index < -0.39 is 23.8 Å². The molecule has 3 heterocycles. The lowest BCUT2D eigenvalue weighted by molar-refractivity contribution is -0.149. The maximum absolute atomic E-state index is 13.8. The van der Waals surface area contributed by atoms with Gasteiger partial charge in [0.2, 0.25) is 0 Å². The van der Waals surface area contributed by atoms with Gasteiger partial charge in [-0.3, -0.25) is 9.59 Å². The Kier molecular flexibility index (Phi) is 5.62. The molecule has 0 spiro atoms. The van der Waals surface area contributed by atoms with E-state index in [-0.39, 0.29) is 11.7 Å². The van der Waals surface area contributed by atoms with Gasteiger partial charge in [0.15, 0.2) is 5.78 Å². The van der Waals surface area contributed by atoms with Crippen LogP contribution in [0.25, 0.3) is 0 Å². The number of dihydropyridines is 1. The first-order chi connectivity index (χ1) is 14.5. The minimum atomic E-state index is -0.950. The van der Waals surface area contributed by atoms with Gasteiger partial charge in [-0.15, -0.1) is 22.7 Å². The lowest BCUT2D eigenvalue weighted by Crippen LogP contribution is -2.43. The Labute approximate surface area is 182 Å². The van der Waals surface area contributed by atoms with Gasteiger partial charge in [-0.05, 0) is 36.2 Å². The molecule has 0 radical (unpaired) electrons. The zero-order valence-electron chi connectivity index (χ0n) is 16.8. The molecule has 0 amide bonds. The Morgan fingerprint density at radius 3 is 2.30 bits per heavy atom. The number of methoxy groups -OCH3 is 2. The summed E-state index contributed by atoms with van der Waals surface area (Å²) >= 11 is 2.98. The van der Waals surface area contributed by atoms with Gasteiger partial charge in [-0.25, -0.2) is 4.79 Å². The van der Waals surface area contributed by atoms with Gasteiger partial charge in [0.1, 0.15) is 5.92 Å². The van der Waals surface area contributed by atoms with Crippen LogP contribution < -0.4 is 5.32 Å². The lowest BCUT2D eigenvalue weighted by Gasteiger charge is -2.38. The highest BCUT2D eigenvalue weighted by molar-refractivity contribution is 7.10. The number of esters is 2. The van der Waals surface area contributed by atoms with Crippen molar-refractivity contribution in [1.29, 1.82) is 0 Å². The van der Waals surface area contributed by atoms with Crippen LogP contribution in [0.15, 0.2) is 57.6 Å². The number of ether oxygens (including phenoxy) is 2. The van der Waals surface area contributed by atoms with Gasteiger partial charge in [0, 0.05) is 32.6 Å². The highest BCUT2D eigenvalue weighted by Crippen LogP contribution is 2.49. The second kappa shape index (κ2) is 8.20. The van der Waals surface area contributed by atoms with Gasteiger partial charge in [0.05, 0.1) is 25.7 Å². The fourth-order valence-electron chi connectivity index (χ4n) is 4.32. The van der Waals surface area contributed by atoms with E-state index in [1.165, 1.54) is 36.9 Å². The molecule has 0 fully saturated rings. The molecule has 0 saturated heterocycles. The number of nitrogens with one attached hydrogen (secondary N) is 1. The van der Waals surface area contributed by atoms with E-state index in [9.17, 15) is 14.4 Å². The van der Waals surface area contributed by atoms with Crippen LogP contribution in [0, 0.1) is 5.92 Å². The van der Waals surface area contributed by atoms with Crippen LogP contribution >= 0.6 is 22.7 Å². The quantitative estimate of drug-likeness (QED) is 0.573. The summed E-state index contributed by atoms with van der Waals surface area (Å²) < 4.78 is 10.0. The largest absolute Gasteiger partial charge is 0.468 e. The Hall–Kier alpha value is -2.71. The maximum Gasteiger partial charge on any atom is 0.336 e. The minimum Gasteiger partial charge on any atom is -0.468 e. The van der Waals surface area contributed by atoms with Crippen molar-refractivity contribution in [3.05, 3.63) is 67.3 Å². The first-order valence-corrected chi connectivity index (χ1v) is 11.2. The van der Waals surface area contributed by atoms with Crippen molar-refractivity contribution in [2.24, 2.45) is 5.92 Å². The first kappa shape index (κ1) is 20.6. The summed E-state index contributed by atoms with van der Waals surface area (Å²) in [5, 5.41) is 7.11. The Morgan fingerprint density at radius 1 is 1.07 bits per heavy atom. The molecular formula is C22H21NO5S2. The monoisotopic (exact) mass is 443 g/mol. The van der Waals surface area contributed by atoms with E-state index >= 15 is 0 Å². The zero-order chi connectivity index (χ0) is 21.4. The third-order valence-corrected chi connectivity index (χ3v) is 7.56. The van der Waals surface area contributed by atoms with E-state index in [0.717, 1.165) is 15.5 Å². The highest BCUT2D eigenvalue weighted by Gasteiger charge is 2.49. The number of Topliss-reactive ketones (excluding diaryl/α,β-unsaturated/α-hetero) is 1. The minimum absolute atomic E-state index is 0.304. The summed E-state index contributed by atoms with van der Waals surface area (Å²) in [6.45, 7) is 1.81. The molecule has 2 aromatic rings. The van der Waals surface area contributed by atoms with Gasteiger partial charge < -0.3 is 14.8 Å². The molecule has 8 heteroatoms. The summed E-state index contributed by atoms with van der Waals surface area (Å²) in [4.78, 5) is 40.9. The lowest BCUT2D eigenvalue weighted by atomic mass is 9.69. The normalized spacial score (nSPS) is 23.7. The van der Waals surface area contributed by atoms with Gasteiger partial charge in [-0.2, -0.15) is 0 Å². The predicted molar refractivity (Wildman–Crippen MR) is 114 cm³/mol. The SMILES string of the molecule is COC(=O)C1=C(C)NC2=C(C(=O)[C@@H](C(=O)OC)[C@H](c3cccs3)C2)[C@H]1c1cccs1. The van der Waals surface area contributed by atoms with Crippen LogP contribution in [0.5, 0.6) is 0 Å². The smallest absolute Gasteiger partial charge is 0.336 e. The first-order valence-electron chi connectivity index (χ1n) is 9.45. The molecular weight excluding hydrogens is 422 g/mol. The van der Waals surface area contributed by atoms with Gasteiger partial charge >= 0.3 is 11.9 Å². The third-order valence-electron chi connectivity index (χ3n) is 5.62. The Morgan fingerprint density at radius 2 is 1.73 bits per heavy atom. The molecule has 2 aliphatic rings. The third kappa shape index (κ3) is 3.30. The van der Waals surface area contributed by atoms with E-state index in [4.69, 9.17) is 9.47 Å². The summed E-state index contributed by atoms with van der Waals surface area (Å²) in [6, 6.07) is 7.62. The van der Waals surface area contributed by atoms with Gasteiger partial charge in [-0.1, -0.05) is 12.1 Å². The molecule has 30 heavy (non-hydrogen) atoms. The molecule has 0 saturated carbocycles. The van der Waals surface area contributed by atoms with Crippen molar-refractivity contribution in [3.8, 4) is 0 Å². The standard InChI is InChI=1S/C22H21NO5S2/c1-11-16(21(25)27-2)19(15-7-5-9-30-15)18-13(23-11)10-12(14-6-4-8-29-14)17(20(18)24)22(26)28-3/h4-9,12,17,19,23H,10H2,1-3H3/t12-,17-,19-/m0/s1. The summed E-state index contributed by atoms with van der Waals surface area (Å²) in [7, 11) is 2.62. The van der Waals surface area contributed by atoms with Gasteiger partial charge in [0.25, 0.3) is 0 Å². The number of thiophene rings is 2. The second-order valence-electron chi connectivity index (χ2n) is 7.19. The highest BCUT2D eigenvalue weighted by atomic mass is 32.1. The van der Waals surface area contributed by atoms with Crippen LogP contribution in [0.4, 0.5) is 0 Å². The molecule has 4 rings (SSSR count). The number of carbonyl (C=O) groups excluding carboxylic acids is 3. The second-order valence-corrected chi connectivity index (χ2v) is 9.15. The van der Waals surface area contributed by atoms with Crippen molar-refractivity contribution >= 4 is 40.4 Å². The van der Waals surface area contributed by atoms with Crippen LogP contribution in [-0.2, 0) is 23.9 Å². The average molecular weight is 444 g/mol. The molecule has 156 valence electrons. The van der Waals surface area contributed by atoms with Crippen molar-refractivity contribution < 1.29 is 23.9 Å². The molecule has 2 aromatic heterocycles. The summed E-state index contributed by atoms with van der Waals surface area (Å²) in [5.74, 6) is -3.19. The van der Waals surface area contributed by atoms with Crippen molar-refractivity contribution in [1.82, 2.24) is 5.32 Å². The van der Waals surface area contributed by atoms with Crippen molar-refractivity contribution in [2.45, 2.75) is 25.2 Å². The molecule has 1 aliphatic heterocycles. The van der Waals surface area contributed by atoms with E-state index in [1.807, 2.05) is 41.9 Å². The molecule has 0 bridgehead atoms. The predicted octanol–water partition coefficient (Wildman–Crippen LogP) is 3.74. The average Bonchev–Trinajstić information content (AvgIpc) is 3.45. The van der Waals surface area contributed by atoms with E-state index in [1.54, 1.807) is 0 Å². The van der Waals surface area contributed by atoms with Crippen LogP contribution in [-0.4, -0.2) is 31.9 Å². The van der Waals surface area contributed by atoms with Crippen LogP contribution in [0.3, 0.4) is 0 Å². The van der Waals surface area contributed by atoms with Crippen molar-refractivity contribution in [2.75, 3.05) is 14.2 Å². The summed E-state index contributed by atoms with van der Waals surface area (Å²) in [6.07, 6.45) is 0.481. The molecule has 6 nitrogen and oxygen atoms in total. The van der Waals surface area contributed by atoms with Crippen LogP contribution in [0.2, 0.25) is 0 Å². The fraction of sp³-hybridized carbons (Fsp3) is 0.318. The Balaban J connectivity index is 1.88. The number of hydrogen-bond acceptors (Lipinski definition) is 8. The summed E-state index contributed by atoms with van der Waals surface area (Å²) in [5.41, 5.74) is 2.26.